The van der Waals surface area contributed by atoms with Crippen LogP contribution in [0.2, 0.25) is 0 Å². The van der Waals surface area contributed by atoms with E-state index in [0.717, 1.165) is 4.88 Å². The molecule has 0 aliphatic heterocycles. The number of sulfonamides is 1. The quantitative estimate of drug-likeness (QED) is 0.590. The average Bonchev–Trinajstić information content (AvgIpc) is 3.21. The third kappa shape index (κ3) is 5.00. The molecule has 0 bridgehead atoms. The zero-order chi connectivity index (χ0) is 21.0. The monoisotopic (exact) mass is 434 g/mol. The van der Waals surface area contributed by atoms with E-state index in [0.29, 0.717) is 11.3 Å². The molecular weight excluding hydrogens is 415 g/mol. The summed E-state index contributed by atoms with van der Waals surface area (Å²) in [6.45, 7) is 1.35. The minimum Gasteiger partial charge on any atom is -0.495 e. The van der Waals surface area contributed by atoms with E-state index in [1.165, 1.54) is 55.7 Å². The summed E-state index contributed by atoms with van der Waals surface area (Å²) in [7, 11) is -2.57. The summed E-state index contributed by atoms with van der Waals surface area (Å²) in [4.78, 5) is 12.0. The molecule has 0 unspecified atom stereocenters. The van der Waals surface area contributed by atoms with Gasteiger partial charge in [0.1, 0.15) is 11.6 Å². The number of hydrogen-bond donors (Lipinski definition) is 2. The van der Waals surface area contributed by atoms with Crippen LogP contribution in [0.4, 0.5) is 10.1 Å². The Kier molecular flexibility index (Phi) is 6.31. The van der Waals surface area contributed by atoms with Gasteiger partial charge < -0.3 is 10.1 Å². The van der Waals surface area contributed by atoms with Crippen molar-refractivity contribution in [3.63, 3.8) is 0 Å². The van der Waals surface area contributed by atoms with Crippen molar-refractivity contribution < 1.29 is 22.3 Å². The highest BCUT2D eigenvalue weighted by atomic mass is 32.2. The van der Waals surface area contributed by atoms with Crippen LogP contribution >= 0.6 is 11.3 Å². The molecule has 1 amide bonds. The van der Waals surface area contributed by atoms with Crippen molar-refractivity contribution in [1.82, 2.24) is 4.72 Å². The maximum absolute atomic E-state index is 13.3. The maximum Gasteiger partial charge on any atom is 0.241 e. The molecule has 0 aliphatic carbocycles. The highest BCUT2D eigenvalue weighted by Gasteiger charge is 2.25. The van der Waals surface area contributed by atoms with Gasteiger partial charge in [0.05, 0.1) is 23.7 Å². The topological polar surface area (TPSA) is 84.5 Å². The molecule has 3 aromatic rings. The number of methoxy groups -OCH3 is 1. The highest BCUT2D eigenvalue weighted by Crippen LogP contribution is 2.31. The number of halogens is 1. The molecule has 0 aliphatic rings. The van der Waals surface area contributed by atoms with Crippen molar-refractivity contribution in [2.24, 2.45) is 0 Å². The van der Waals surface area contributed by atoms with E-state index in [-0.39, 0.29) is 16.6 Å². The van der Waals surface area contributed by atoms with Crippen LogP contribution in [0.15, 0.2) is 64.9 Å². The van der Waals surface area contributed by atoms with Gasteiger partial charge in [-0.15, -0.1) is 11.3 Å². The van der Waals surface area contributed by atoms with Crippen molar-refractivity contribution in [2.75, 3.05) is 12.4 Å². The Bertz CT molecular complexity index is 1100. The van der Waals surface area contributed by atoms with Gasteiger partial charge in [0.15, 0.2) is 0 Å². The second-order valence-electron chi connectivity index (χ2n) is 6.16. The zero-order valence-corrected chi connectivity index (χ0v) is 17.3. The van der Waals surface area contributed by atoms with Crippen molar-refractivity contribution >= 4 is 33.0 Å². The number of benzene rings is 2. The van der Waals surface area contributed by atoms with Crippen LogP contribution in [-0.4, -0.2) is 21.4 Å². The number of carbonyl (C=O) groups excluding carboxylic acids is 1. The molecule has 0 radical (unpaired) electrons. The van der Waals surface area contributed by atoms with E-state index < -0.39 is 21.9 Å². The Morgan fingerprint density at radius 1 is 1.14 bits per heavy atom. The lowest BCUT2D eigenvalue weighted by molar-refractivity contribution is -0.114. The Balaban J connectivity index is 1.97. The van der Waals surface area contributed by atoms with Crippen LogP contribution in [0.3, 0.4) is 0 Å². The second kappa shape index (κ2) is 8.73. The fourth-order valence-electron chi connectivity index (χ4n) is 2.76. The molecule has 2 N–H and O–H groups in total. The van der Waals surface area contributed by atoms with E-state index >= 15 is 0 Å². The fraction of sp³-hybridized carbons (Fsp3) is 0.150. The number of rotatable bonds is 7. The minimum atomic E-state index is -3.95. The molecule has 9 heteroatoms. The SMILES string of the molecule is COc1cc(S(=O)(=O)N[C@H](c2ccc(F)cc2)c2cccs2)ccc1NC(C)=O. The summed E-state index contributed by atoms with van der Waals surface area (Å²) < 4.78 is 47.3. The van der Waals surface area contributed by atoms with Crippen LogP contribution in [0.1, 0.15) is 23.4 Å². The molecule has 0 spiro atoms. The Morgan fingerprint density at radius 3 is 2.45 bits per heavy atom. The summed E-state index contributed by atoms with van der Waals surface area (Å²) in [6, 6.07) is 12.8. The molecule has 6 nitrogen and oxygen atoms in total. The summed E-state index contributed by atoms with van der Waals surface area (Å²) in [5, 5.41) is 4.42. The first kappa shape index (κ1) is 21.0. The molecule has 1 heterocycles. The van der Waals surface area contributed by atoms with Gasteiger partial charge in [-0.2, -0.15) is 4.72 Å². The lowest BCUT2D eigenvalue weighted by Crippen LogP contribution is -2.29. The summed E-state index contributed by atoms with van der Waals surface area (Å²) >= 11 is 1.39. The van der Waals surface area contributed by atoms with Gasteiger partial charge in [-0.1, -0.05) is 18.2 Å². The molecular formula is C20H19FN2O4S2. The molecule has 3 rings (SSSR count). The van der Waals surface area contributed by atoms with Crippen LogP contribution < -0.4 is 14.8 Å². The molecule has 2 aromatic carbocycles. The smallest absolute Gasteiger partial charge is 0.241 e. The molecule has 152 valence electrons. The normalized spacial score (nSPS) is 12.4. The third-order valence-corrected chi connectivity index (χ3v) is 6.46. The Labute approximate surface area is 172 Å². The third-order valence-electron chi connectivity index (χ3n) is 4.10. The van der Waals surface area contributed by atoms with Gasteiger partial charge in [0, 0.05) is 17.9 Å². The van der Waals surface area contributed by atoms with E-state index in [4.69, 9.17) is 4.74 Å². The second-order valence-corrected chi connectivity index (χ2v) is 8.86. The lowest BCUT2D eigenvalue weighted by Gasteiger charge is -2.19. The van der Waals surface area contributed by atoms with Crippen LogP contribution in [0, 0.1) is 5.82 Å². The first-order chi connectivity index (χ1) is 13.8. The van der Waals surface area contributed by atoms with Gasteiger partial charge in [0.25, 0.3) is 0 Å². The zero-order valence-electron chi connectivity index (χ0n) is 15.7. The number of hydrogen-bond acceptors (Lipinski definition) is 5. The van der Waals surface area contributed by atoms with E-state index in [1.807, 2.05) is 17.5 Å². The molecule has 0 fully saturated rings. The largest absolute Gasteiger partial charge is 0.495 e. The molecule has 1 atom stereocenters. The van der Waals surface area contributed by atoms with E-state index in [1.54, 1.807) is 12.1 Å². The van der Waals surface area contributed by atoms with Crippen LogP contribution in [0.5, 0.6) is 5.75 Å². The number of ether oxygens (including phenoxy) is 1. The maximum atomic E-state index is 13.3. The standard InChI is InChI=1S/C20H19FN2O4S2/c1-13(24)22-17-10-9-16(12-18(17)27-2)29(25,26)23-20(19-4-3-11-28-19)14-5-7-15(21)8-6-14/h3-12,20,23H,1-2H3,(H,22,24)/t20-/m1/s1. The van der Waals surface area contributed by atoms with Crippen molar-refractivity contribution in [3.8, 4) is 5.75 Å². The van der Waals surface area contributed by atoms with E-state index in [2.05, 4.69) is 10.0 Å². The first-order valence-corrected chi connectivity index (χ1v) is 10.9. The number of nitrogens with one attached hydrogen (secondary N) is 2. The minimum absolute atomic E-state index is 0.0212. The van der Waals surface area contributed by atoms with E-state index in [9.17, 15) is 17.6 Å². The molecule has 0 saturated carbocycles. The molecule has 0 saturated heterocycles. The Morgan fingerprint density at radius 2 is 1.86 bits per heavy atom. The number of amides is 1. The van der Waals surface area contributed by atoms with Crippen LogP contribution in [0.25, 0.3) is 0 Å². The lowest BCUT2D eigenvalue weighted by atomic mass is 10.1. The van der Waals surface area contributed by atoms with Crippen molar-refractivity contribution in [2.45, 2.75) is 17.9 Å². The van der Waals surface area contributed by atoms with Gasteiger partial charge in [-0.3, -0.25) is 4.79 Å². The Hall–Kier alpha value is -2.75. The summed E-state index contributed by atoms with van der Waals surface area (Å²) in [6.07, 6.45) is 0. The predicted molar refractivity (Wildman–Crippen MR) is 110 cm³/mol. The van der Waals surface area contributed by atoms with Gasteiger partial charge >= 0.3 is 0 Å². The number of carbonyl (C=O) groups is 1. The summed E-state index contributed by atoms with van der Waals surface area (Å²) in [5.41, 5.74) is 0.978. The first-order valence-electron chi connectivity index (χ1n) is 8.57. The highest BCUT2D eigenvalue weighted by molar-refractivity contribution is 7.89. The number of anilines is 1. The summed E-state index contributed by atoms with van der Waals surface area (Å²) in [5.74, 6) is -0.483. The van der Waals surface area contributed by atoms with Gasteiger partial charge in [-0.25, -0.2) is 12.8 Å². The molecule has 29 heavy (non-hydrogen) atoms. The van der Waals surface area contributed by atoms with Crippen molar-refractivity contribution in [1.29, 1.82) is 0 Å². The van der Waals surface area contributed by atoms with Gasteiger partial charge in [0.2, 0.25) is 15.9 Å². The average molecular weight is 435 g/mol. The van der Waals surface area contributed by atoms with Gasteiger partial charge in [-0.05, 0) is 41.3 Å². The molecule has 1 aromatic heterocycles. The van der Waals surface area contributed by atoms with Crippen molar-refractivity contribution in [3.05, 3.63) is 76.2 Å². The number of thiophene rings is 1. The van der Waals surface area contributed by atoms with Crippen LogP contribution in [-0.2, 0) is 14.8 Å². The predicted octanol–water partition coefficient (Wildman–Crippen LogP) is 3.92. The fourth-order valence-corrected chi connectivity index (χ4v) is 4.85.